The summed E-state index contributed by atoms with van der Waals surface area (Å²) in [4.78, 5) is 24.4. The van der Waals surface area contributed by atoms with Gasteiger partial charge in [-0.25, -0.2) is 13.2 Å². The van der Waals surface area contributed by atoms with E-state index in [0.29, 0.717) is 11.3 Å². The first kappa shape index (κ1) is 22.6. The second-order valence-electron chi connectivity index (χ2n) is 7.73. The van der Waals surface area contributed by atoms with Crippen molar-refractivity contribution < 1.29 is 22.7 Å². The van der Waals surface area contributed by atoms with E-state index in [4.69, 9.17) is 4.74 Å². The van der Waals surface area contributed by atoms with Gasteiger partial charge in [0.1, 0.15) is 0 Å². The first-order chi connectivity index (χ1) is 13.5. The van der Waals surface area contributed by atoms with Gasteiger partial charge in [0.05, 0.1) is 16.1 Å². The van der Waals surface area contributed by atoms with E-state index in [9.17, 15) is 18.0 Å². The molecule has 0 unspecified atom stereocenters. The van der Waals surface area contributed by atoms with E-state index >= 15 is 0 Å². The van der Waals surface area contributed by atoms with Crippen LogP contribution in [0.4, 0.5) is 5.69 Å². The zero-order valence-electron chi connectivity index (χ0n) is 17.4. The number of para-hydroxylation sites is 1. The van der Waals surface area contributed by atoms with E-state index in [1.165, 1.54) is 16.4 Å². The van der Waals surface area contributed by atoms with Crippen LogP contribution in [-0.4, -0.2) is 33.3 Å². The maximum atomic E-state index is 13.3. The lowest BCUT2D eigenvalue weighted by Crippen LogP contribution is -2.31. The number of nitrogens with zero attached hydrogens (tertiary/aromatic N) is 1. The van der Waals surface area contributed by atoms with Crippen molar-refractivity contribution in [3.05, 3.63) is 59.7 Å². The molecule has 156 valence electrons. The molecule has 0 bridgehead atoms. The highest BCUT2D eigenvalue weighted by atomic mass is 32.2. The van der Waals surface area contributed by atoms with Gasteiger partial charge in [-0.15, -0.1) is 0 Å². The fourth-order valence-electron chi connectivity index (χ4n) is 2.64. The predicted octanol–water partition coefficient (Wildman–Crippen LogP) is 3.98. The third-order valence-corrected chi connectivity index (χ3v) is 6.54. The zero-order chi connectivity index (χ0) is 21.8. The van der Waals surface area contributed by atoms with Crippen LogP contribution >= 0.6 is 0 Å². The molecule has 2 aromatic rings. The average Bonchev–Trinajstić information content (AvgIpc) is 2.66. The van der Waals surface area contributed by atoms with Crippen LogP contribution in [0.2, 0.25) is 0 Å². The van der Waals surface area contributed by atoms with Gasteiger partial charge in [-0.2, -0.15) is 0 Å². The van der Waals surface area contributed by atoms with Crippen LogP contribution in [0, 0.1) is 12.3 Å². The van der Waals surface area contributed by atoms with Gasteiger partial charge in [-0.05, 0) is 43.7 Å². The molecule has 0 amide bonds. The molecule has 0 saturated carbocycles. The monoisotopic (exact) mass is 417 g/mol. The van der Waals surface area contributed by atoms with E-state index in [0.717, 1.165) is 0 Å². The number of carbonyl (C=O) groups is 2. The molecule has 0 atom stereocenters. The van der Waals surface area contributed by atoms with Gasteiger partial charge in [-0.3, -0.25) is 9.10 Å². The Bertz CT molecular complexity index is 992. The minimum absolute atomic E-state index is 0.0276. The number of sulfonamides is 1. The molecule has 0 heterocycles. The van der Waals surface area contributed by atoms with Crippen molar-refractivity contribution in [2.45, 2.75) is 39.5 Å². The van der Waals surface area contributed by atoms with Crippen molar-refractivity contribution in [1.82, 2.24) is 0 Å². The van der Waals surface area contributed by atoms with Crippen LogP contribution < -0.4 is 4.31 Å². The van der Waals surface area contributed by atoms with Gasteiger partial charge in [-0.1, -0.05) is 45.0 Å². The first-order valence-electron chi connectivity index (χ1n) is 9.37. The Balaban J connectivity index is 2.34. The quantitative estimate of drug-likeness (QED) is 0.637. The lowest BCUT2D eigenvalue weighted by Gasteiger charge is -2.24. The molecule has 0 aliphatic heterocycles. The van der Waals surface area contributed by atoms with Crippen molar-refractivity contribution in [2.24, 2.45) is 5.41 Å². The van der Waals surface area contributed by atoms with E-state index in [2.05, 4.69) is 0 Å². The Hall–Kier alpha value is -2.67. The number of hydrogen-bond donors (Lipinski definition) is 0. The highest BCUT2D eigenvalue weighted by Crippen LogP contribution is 2.26. The van der Waals surface area contributed by atoms with Gasteiger partial charge >= 0.3 is 5.97 Å². The number of Topliss-reactive ketones (excluding diaryl/α,β-unsaturated/α-hetero) is 1. The summed E-state index contributed by atoms with van der Waals surface area (Å²) in [5, 5.41) is 0. The lowest BCUT2D eigenvalue weighted by atomic mass is 9.91. The van der Waals surface area contributed by atoms with E-state index in [1.54, 1.807) is 65.0 Å². The molecule has 7 heteroatoms. The summed E-state index contributed by atoms with van der Waals surface area (Å²) >= 11 is 0. The van der Waals surface area contributed by atoms with Crippen LogP contribution in [0.5, 0.6) is 0 Å². The third-order valence-electron chi connectivity index (χ3n) is 4.49. The molecular weight excluding hydrogens is 390 g/mol. The number of aryl methyl sites for hydroxylation is 1. The number of esters is 1. The summed E-state index contributed by atoms with van der Waals surface area (Å²) in [6.45, 7) is 8.51. The standard InChI is InChI=1S/C22H27NO5S/c1-6-23(18-10-8-7-9-11-18)29(26,27)19-14-17(13-12-16(19)2)21(25)28-15-20(24)22(3,4)5/h7-14H,6,15H2,1-5H3. The van der Waals surface area contributed by atoms with Crippen LogP contribution in [0.15, 0.2) is 53.4 Å². The lowest BCUT2D eigenvalue weighted by molar-refractivity contribution is -0.129. The van der Waals surface area contributed by atoms with Crippen LogP contribution in [0.1, 0.15) is 43.6 Å². The maximum absolute atomic E-state index is 13.3. The van der Waals surface area contributed by atoms with Gasteiger partial charge in [0, 0.05) is 12.0 Å². The predicted molar refractivity (Wildman–Crippen MR) is 113 cm³/mol. The number of carbonyl (C=O) groups excluding carboxylic acids is 2. The van der Waals surface area contributed by atoms with Crippen molar-refractivity contribution in [1.29, 1.82) is 0 Å². The Morgan fingerprint density at radius 2 is 1.66 bits per heavy atom. The highest BCUT2D eigenvalue weighted by molar-refractivity contribution is 7.92. The number of anilines is 1. The number of hydrogen-bond acceptors (Lipinski definition) is 5. The summed E-state index contributed by atoms with van der Waals surface area (Å²) in [6, 6.07) is 13.1. The van der Waals surface area contributed by atoms with E-state index < -0.39 is 21.4 Å². The Labute approximate surface area is 172 Å². The van der Waals surface area contributed by atoms with Gasteiger partial charge in [0.25, 0.3) is 10.0 Å². The summed E-state index contributed by atoms with van der Waals surface area (Å²) in [6.07, 6.45) is 0. The Morgan fingerprint density at radius 3 is 2.21 bits per heavy atom. The molecule has 0 saturated heterocycles. The van der Waals surface area contributed by atoms with Crippen molar-refractivity contribution >= 4 is 27.5 Å². The average molecular weight is 418 g/mol. The molecule has 0 fully saturated rings. The van der Waals surface area contributed by atoms with E-state index in [-0.39, 0.29) is 29.4 Å². The van der Waals surface area contributed by atoms with Gasteiger partial charge in [0.2, 0.25) is 0 Å². The topological polar surface area (TPSA) is 80.8 Å². The van der Waals surface area contributed by atoms with Crippen LogP contribution in [-0.2, 0) is 19.6 Å². The molecule has 0 spiro atoms. The number of ether oxygens (including phenoxy) is 1. The van der Waals surface area contributed by atoms with Crippen molar-refractivity contribution in [3.63, 3.8) is 0 Å². The second kappa shape index (κ2) is 8.78. The number of benzene rings is 2. The SMILES string of the molecule is CCN(c1ccccc1)S(=O)(=O)c1cc(C(=O)OCC(=O)C(C)(C)C)ccc1C. The minimum Gasteiger partial charge on any atom is -0.454 e. The zero-order valence-corrected chi connectivity index (χ0v) is 18.2. The van der Waals surface area contributed by atoms with Gasteiger partial charge < -0.3 is 4.74 Å². The molecule has 0 radical (unpaired) electrons. The smallest absolute Gasteiger partial charge is 0.338 e. The molecule has 0 N–H and O–H groups in total. The largest absolute Gasteiger partial charge is 0.454 e. The normalized spacial score (nSPS) is 11.8. The minimum atomic E-state index is -3.89. The van der Waals surface area contributed by atoms with Crippen LogP contribution in [0.25, 0.3) is 0 Å². The fourth-order valence-corrected chi connectivity index (χ4v) is 4.37. The molecule has 0 aliphatic carbocycles. The molecular formula is C22H27NO5S. The van der Waals surface area contributed by atoms with Crippen LogP contribution in [0.3, 0.4) is 0 Å². The maximum Gasteiger partial charge on any atom is 0.338 e. The molecule has 6 nitrogen and oxygen atoms in total. The Kier molecular flexibility index (Phi) is 6.85. The molecule has 2 rings (SSSR count). The second-order valence-corrected chi connectivity index (χ2v) is 9.57. The third kappa shape index (κ3) is 5.23. The van der Waals surface area contributed by atoms with E-state index in [1.807, 2.05) is 6.07 Å². The highest BCUT2D eigenvalue weighted by Gasteiger charge is 2.27. The van der Waals surface area contributed by atoms with Crippen molar-refractivity contribution in [3.8, 4) is 0 Å². The summed E-state index contributed by atoms with van der Waals surface area (Å²) < 4.78 is 32.9. The van der Waals surface area contributed by atoms with Gasteiger partial charge in [0.15, 0.2) is 12.4 Å². The summed E-state index contributed by atoms with van der Waals surface area (Å²) in [5.41, 5.74) is 0.513. The summed E-state index contributed by atoms with van der Waals surface area (Å²) in [7, 11) is -3.89. The van der Waals surface area contributed by atoms with Crippen molar-refractivity contribution in [2.75, 3.05) is 17.5 Å². The first-order valence-corrected chi connectivity index (χ1v) is 10.8. The number of ketones is 1. The molecule has 0 aromatic heterocycles. The summed E-state index contributed by atoms with van der Waals surface area (Å²) in [5.74, 6) is -0.950. The molecule has 0 aliphatic rings. The molecule has 2 aromatic carbocycles. The number of rotatable bonds is 7. The fraction of sp³-hybridized carbons (Fsp3) is 0.364. The molecule has 29 heavy (non-hydrogen) atoms. The Morgan fingerprint density at radius 1 is 1.03 bits per heavy atom.